The molecule has 1 nitrogen and oxygen atoms in total. The number of hydrogen-bond acceptors (Lipinski definition) is 1. The van der Waals surface area contributed by atoms with Crippen LogP contribution in [0.1, 0.15) is 0 Å². The van der Waals surface area contributed by atoms with Crippen molar-refractivity contribution >= 4 is 0 Å². The summed E-state index contributed by atoms with van der Waals surface area (Å²) in [5.74, 6) is 0. The van der Waals surface area contributed by atoms with Gasteiger partial charge in [-0.1, -0.05) is 6.08 Å². The third-order valence-corrected chi connectivity index (χ3v) is 1.31. The van der Waals surface area contributed by atoms with Crippen LogP contribution in [-0.2, 0) is 0 Å². The summed E-state index contributed by atoms with van der Waals surface area (Å²) in [7, 11) is 1.61. The summed E-state index contributed by atoms with van der Waals surface area (Å²) in [6.07, 6.45) is -3.05. The first-order valence-corrected chi connectivity index (χ1v) is 2.81. The number of likely N-dealkylation sites (N-methyl/N-ethyl adjacent to an activating group) is 1. The number of nitrogens with zero attached hydrogens (tertiary/aromatic N) is 1. The van der Waals surface area contributed by atoms with Crippen LogP contribution < -0.4 is 0 Å². The third-order valence-electron chi connectivity index (χ3n) is 1.31. The average Bonchev–Trinajstić information content (AvgIpc) is 2.11. The Morgan fingerprint density at radius 3 is 2.30 bits per heavy atom. The van der Waals surface area contributed by atoms with Crippen LogP contribution >= 0.6 is 0 Å². The zero-order chi connectivity index (χ0) is 7.78. The topological polar surface area (TPSA) is 3.24 Å². The highest BCUT2D eigenvalue weighted by molar-refractivity contribution is 5.21. The summed E-state index contributed by atoms with van der Waals surface area (Å²) < 4.78 is 35.5. The van der Waals surface area contributed by atoms with Gasteiger partial charge in [0.05, 0.1) is 0 Å². The van der Waals surface area contributed by atoms with Gasteiger partial charge in [-0.25, -0.2) is 0 Å². The maximum atomic E-state index is 11.8. The minimum absolute atomic E-state index is 0.0243. The molecule has 1 rings (SSSR count). The Balaban J connectivity index is 2.60. The molecule has 0 aliphatic carbocycles. The molecule has 0 spiro atoms. The quantitative estimate of drug-likeness (QED) is 0.506. The number of alkyl halides is 3. The van der Waals surface area contributed by atoms with Crippen LogP contribution in [0.2, 0.25) is 0 Å². The average molecular weight is 150 g/mol. The molecule has 0 aromatic heterocycles. The second kappa shape index (κ2) is 2.27. The summed E-state index contributed by atoms with van der Waals surface area (Å²) >= 11 is 0. The highest BCUT2D eigenvalue weighted by atomic mass is 19.4. The number of hydrogen-bond donors (Lipinski definition) is 0. The SMILES string of the molecule is CN1[CH]C=C(C(F)(F)F)C1. The Bertz CT molecular complexity index is 159. The zero-order valence-corrected chi connectivity index (χ0v) is 5.44. The first kappa shape index (κ1) is 7.60. The Kier molecular flexibility index (Phi) is 1.72. The number of rotatable bonds is 0. The van der Waals surface area contributed by atoms with Crippen molar-refractivity contribution in [3.05, 3.63) is 18.2 Å². The maximum Gasteiger partial charge on any atom is 0.413 e. The van der Waals surface area contributed by atoms with Crippen molar-refractivity contribution in [2.45, 2.75) is 6.18 Å². The Hall–Kier alpha value is -0.510. The molecule has 0 aromatic carbocycles. The molecule has 57 valence electrons. The van der Waals surface area contributed by atoms with E-state index in [1.165, 1.54) is 11.4 Å². The molecular formula is C6H7F3N. The molecule has 0 saturated heterocycles. The lowest BCUT2D eigenvalue weighted by atomic mass is 10.3. The van der Waals surface area contributed by atoms with Gasteiger partial charge in [0.2, 0.25) is 0 Å². The molecule has 0 atom stereocenters. The second-order valence-electron chi connectivity index (χ2n) is 2.25. The molecule has 0 aromatic rings. The van der Waals surface area contributed by atoms with Gasteiger partial charge in [-0.2, -0.15) is 13.2 Å². The first-order chi connectivity index (χ1) is 4.50. The Labute approximate surface area is 57.1 Å². The largest absolute Gasteiger partial charge is 0.413 e. The number of halogens is 3. The molecule has 0 amide bonds. The molecule has 0 N–H and O–H groups in total. The molecule has 10 heavy (non-hydrogen) atoms. The van der Waals surface area contributed by atoms with Crippen molar-refractivity contribution in [2.75, 3.05) is 13.6 Å². The van der Waals surface area contributed by atoms with E-state index in [9.17, 15) is 13.2 Å². The summed E-state index contributed by atoms with van der Waals surface area (Å²) in [6.45, 7) is 1.40. The maximum absolute atomic E-state index is 11.8. The molecule has 1 aliphatic heterocycles. The lowest BCUT2D eigenvalue weighted by molar-refractivity contribution is -0.0932. The molecule has 1 radical (unpaired) electrons. The minimum Gasteiger partial charge on any atom is -0.294 e. The van der Waals surface area contributed by atoms with Gasteiger partial charge < -0.3 is 0 Å². The van der Waals surface area contributed by atoms with E-state index < -0.39 is 11.7 Å². The summed E-state index contributed by atoms with van der Waals surface area (Å²) in [6, 6.07) is 0. The fourth-order valence-electron chi connectivity index (χ4n) is 0.775. The molecular weight excluding hydrogens is 143 g/mol. The van der Waals surface area contributed by atoms with Crippen LogP contribution in [-0.4, -0.2) is 24.7 Å². The van der Waals surface area contributed by atoms with Gasteiger partial charge in [-0.15, -0.1) is 0 Å². The van der Waals surface area contributed by atoms with Crippen LogP contribution in [0.3, 0.4) is 0 Å². The smallest absolute Gasteiger partial charge is 0.294 e. The Morgan fingerprint density at radius 1 is 1.50 bits per heavy atom. The van der Waals surface area contributed by atoms with E-state index in [1.807, 2.05) is 0 Å². The summed E-state index contributed by atoms with van der Waals surface area (Å²) in [4.78, 5) is 1.49. The monoisotopic (exact) mass is 150 g/mol. The van der Waals surface area contributed by atoms with Crippen molar-refractivity contribution in [2.24, 2.45) is 0 Å². The molecule has 1 heterocycles. The van der Waals surface area contributed by atoms with Gasteiger partial charge in [-0.3, -0.25) is 4.90 Å². The predicted molar refractivity (Wildman–Crippen MR) is 31.1 cm³/mol. The van der Waals surface area contributed by atoms with Crippen molar-refractivity contribution in [1.29, 1.82) is 0 Å². The van der Waals surface area contributed by atoms with Gasteiger partial charge in [0.15, 0.2) is 0 Å². The van der Waals surface area contributed by atoms with Gasteiger partial charge in [-0.05, 0) is 7.05 Å². The van der Waals surface area contributed by atoms with Gasteiger partial charge >= 0.3 is 6.18 Å². The fraction of sp³-hybridized carbons (Fsp3) is 0.500. The van der Waals surface area contributed by atoms with E-state index in [4.69, 9.17) is 0 Å². The summed E-state index contributed by atoms with van der Waals surface area (Å²) in [5.41, 5.74) is -0.477. The van der Waals surface area contributed by atoms with Crippen LogP contribution in [0, 0.1) is 6.54 Å². The lowest BCUT2D eigenvalue weighted by Crippen LogP contribution is -2.18. The van der Waals surface area contributed by atoms with Crippen molar-refractivity contribution in [3.63, 3.8) is 0 Å². The standard InChI is InChI=1S/C6H7F3N/c1-10-3-2-5(4-10)6(7,8)9/h2-3H,4H2,1H3. The minimum atomic E-state index is -4.15. The van der Waals surface area contributed by atoms with Crippen molar-refractivity contribution in [1.82, 2.24) is 4.90 Å². The Morgan fingerprint density at radius 2 is 2.10 bits per heavy atom. The molecule has 0 saturated carbocycles. The van der Waals surface area contributed by atoms with Crippen LogP contribution in [0.15, 0.2) is 11.6 Å². The third kappa shape index (κ3) is 1.50. The molecule has 0 bridgehead atoms. The second-order valence-corrected chi connectivity index (χ2v) is 2.25. The molecule has 0 unspecified atom stereocenters. The van der Waals surface area contributed by atoms with E-state index in [0.717, 1.165) is 6.08 Å². The van der Waals surface area contributed by atoms with E-state index in [1.54, 1.807) is 7.05 Å². The highest BCUT2D eigenvalue weighted by Crippen LogP contribution is 2.29. The van der Waals surface area contributed by atoms with Gasteiger partial charge in [0.25, 0.3) is 0 Å². The van der Waals surface area contributed by atoms with Crippen LogP contribution in [0.5, 0.6) is 0 Å². The van der Waals surface area contributed by atoms with Crippen molar-refractivity contribution < 1.29 is 13.2 Å². The van der Waals surface area contributed by atoms with Gasteiger partial charge in [0.1, 0.15) is 0 Å². The zero-order valence-electron chi connectivity index (χ0n) is 5.44. The first-order valence-electron chi connectivity index (χ1n) is 2.81. The van der Waals surface area contributed by atoms with Crippen LogP contribution in [0.4, 0.5) is 13.2 Å². The van der Waals surface area contributed by atoms with Crippen molar-refractivity contribution in [3.8, 4) is 0 Å². The molecule has 0 fully saturated rings. The van der Waals surface area contributed by atoms with E-state index in [2.05, 4.69) is 0 Å². The van der Waals surface area contributed by atoms with E-state index >= 15 is 0 Å². The molecule has 1 aliphatic rings. The predicted octanol–water partition coefficient (Wildman–Crippen LogP) is 1.58. The molecule has 4 heteroatoms. The van der Waals surface area contributed by atoms with Crippen LogP contribution in [0.25, 0.3) is 0 Å². The highest BCUT2D eigenvalue weighted by Gasteiger charge is 2.35. The van der Waals surface area contributed by atoms with E-state index in [-0.39, 0.29) is 6.54 Å². The van der Waals surface area contributed by atoms with E-state index in [0.29, 0.717) is 0 Å². The van der Waals surface area contributed by atoms with Gasteiger partial charge in [0, 0.05) is 18.7 Å². The fourth-order valence-corrected chi connectivity index (χ4v) is 0.775. The summed E-state index contributed by atoms with van der Waals surface area (Å²) in [5, 5.41) is 0. The normalized spacial score (nSPS) is 21.4. The lowest BCUT2D eigenvalue weighted by Gasteiger charge is -2.09.